The molecule has 0 aliphatic carbocycles. The Morgan fingerprint density at radius 3 is 2.57 bits per heavy atom. The van der Waals surface area contributed by atoms with Crippen molar-refractivity contribution in [2.24, 2.45) is 5.92 Å². The molecule has 0 atom stereocenters. The Bertz CT molecular complexity index is 1030. The van der Waals surface area contributed by atoms with E-state index in [1.165, 1.54) is 22.8 Å². The number of piperidine rings is 1. The van der Waals surface area contributed by atoms with Crippen LogP contribution >= 0.6 is 0 Å². The second kappa shape index (κ2) is 8.53. The molecule has 0 bridgehead atoms. The number of fused-ring (bicyclic) bond motifs is 1. The number of hydrogen-bond donors (Lipinski definition) is 0. The molecule has 0 saturated carbocycles. The van der Waals surface area contributed by atoms with E-state index in [0.29, 0.717) is 19.4 Å². The number of sulfonamides is 1. The molecule has 2 aromatic rings. The zero-order valence-electron chi connectivity index (χ0n) is 16.4. The first-order valence-electron chi connectivity index (χ1n) is 9.92. The Kier molecular flexibility index (Phi) is 5.83. The molecule has 2 aliphatic heterocycles. The molecule has 1 saturated heterocycles. The first kappa shape index (κ1) is 20.5. The third kappa shape index (κ3) is 4.08. The number of esters is 1. The summed E-state index contributed by atoms with van der Waals surface area (Å²) in [6, 6.07) is 10.8. The topological polar surface area (TPSA) is 96.9 Å². The predicted octanol–water partition coefficient (Wildman–Crippen LogP) is 1.61. The molecular weight excluding hydrogens is 406 g/mol. The number of nitrogens with zero attached hydrogens (tertiary/aromatic N) is 3. The van der Waals surface area contributed by atoms with Gasteiger partial charge < -0.3 is 9.64 Å². The number of carbonyl (C=O) groups is 2. The highest BCUT2D eigenvalue weighted by Gasteiger charge is 2.33. The van der Waals surface area contributed by atoms with Crippen molar-refractivity contribution in [2.75, 3.05) is 31.1 Å². The van der Waals surface area contributed by atoms with Crippen LogP contribution in [-0.2, 0) is 30.8 Å². The first-order chi connectivity index (χ1) is 14.5. The summed E-state index contributed by atoms with van der Waals surface area (Å²) in [5.41, 5.74) is 1.98. The molecule has 4 rings (SSSR count). The van der Waals surface area contributed by atoms with Crippen LogP contribution in [0, 0.1) is 5.92 Å². The molecule has 0 radical (unpaired) electrons. The molecule has 2 aliphatic rings. The van der Waals surface area contributed by atoms with Gasteiger partial charge >= 0.3 is 5.97 Å². The predicted molar refractivity (Wildman–Crippen MR) is 109 cm³/mol. The molecule has 1 aromatic heterocycles. The molecule has 0 N–H and O–H groups in total. The van der Waals surface area contributed by atoms with E-state index in [9.17, 15) is 18.0 Å². The lowest BCUT2D eigenvalue weighted by molar-refractivity contribution is -0.153. The third-order valence-electron chi connectivity index (χ3n) is 5.59. The van der Waals surface area contributed by atoms with E-state index in [-0.39, 0.29) is 30.5 Å². The summed E-state index contributed by atoms with van der Waals surface area (Å²) in [5.74, 6) is -1.11. The number of hydrogen-bond acceptors (Lipinski definition) is 6. The standard InChI is InChI=1S/C21H23N3O5S/c25-20(24-13-9-16-4-1-2-6-19(16)24)15-29-21(26)17-7-11-23(12-8-17)30(27,28)18-5-3-10-22-14-18/h1-6,10,14,17H,7-9,11-13,15H2. The van der Waals surface area contributed by atoms with Gasteiger partial charge in [-0.25, -0.2) is 8.42 Å². The molecule has 9 heteroatoms. The highest BCUT2D eigenvalue weighted by atomic mass is 32.2. The van der Waals surface area contributed by atoms with Crippen LogP contribution < -0.4 is 4.90 Å². The van der Waals surface area contributed by atoms with Crippen molar-refractivity contribution in [1.29, 1.82) is 0 Å². The Labute approximate surface area is 175 Å². The average Bonchev–Trinajstić information content (AvgIpc) is 3.22. The van der Waals surface area contributed by atoms with Gasteiger partial charge in [-0.05, 0) is 43.0 Å². The molecule has 8 nitrogen and oxygen atoms in total. The van der Waals surface area contributed by atoms with Crippen molar-refractivity contribution in [3.63, 3.8) is 0 Å². The largest absolute Gasteiger partial charge is 0.455 e. The fourth-order valence-corrected chi connectivity index (χ4v) is 5.34. The normalized spacial score (nSPS) is 17.5. The van der Waals surface area contributed by atoms with Crippen LogP contribution in [0.5, 0.6) is 0 Å². The van der Waals surface area contributed by atoms with Gasteiger partial charge in [0.05, 0.1) is 5.92 Å². The number of anilines is 1. The van der Waals surface area contributed by atoms with Crippen LogP contribution in [0.1, 0.15) is 18.4 Å². The van der Waals surface area contributed by atoms with E-state index in [0.717, 1.165) is 17.7 Å². The lowest BCUT2D eigenvalue weighted by atomic mass is 9.98. The molecule has 30 heavy (non-hydrogen) atoms. The maximum atomic E-state index is 12.6. The van der Waals surface area contributed by atoms with Crippen molar-refractivity contribution in [3.8, 4) is 0 Å². The molecule has 1 aromatic carbocycles. The van der Waals surface area contributed by atoms with Gasteiger partial charge in [-0.2, -0.15) is 4.31 Å². The minimum atomic E-state index is -3.62. The molecule has 1 amide bonds. The lowest BCUT2D eigenvalue weighted by Crippen LogP contribution is -2.41. The highest BCUT2D eigenvalue weighted by molar-refractivity contribution is 7.89. The van der Waals surface area contributed by atoms with Crippen molar-refractivity contribution in [2.45, 2.75) is 24.2 Å². The van der Waals surface area contributed by atoms with Gasteiger partial charge in [0.2, 0.25) is 10.0 Å². The Hall–Kier alpha value is -2.78. The van der Waals surface area contributed by atoms with E-state index >= 15 is 0 Å². The van der Waals surface area contributed by atoms with Crippen LogP contribution in [0.4, 0.5) is 5.69 Å². The van der Waals surface area contributed by atoms with E-state index in [2.05, 4.69) is 4.98 Å². The van der Waals surface area contributed by atoms with Crippen molar-refractivity contribution in [1.82, 2.24) is 9.29 Å². The minimum absolute atomic E-state index is 0.141. The SMILES string of the molecule is O=C(OCC(=O)N1CCc2ccccc21)C1CCN(S(=O)(=O)c2cccnc2)CC1. The molecule has 158 valence electrons. The number of para-hydroxylation sites is 1. The fourth-order valence-electron chi connectivity index (χ4n) is 3.91. The van der Waals surface area contributed by atoms with E-state index in [1.807, 2.05) is 24.3 Å². The van der Waals surface area contributed by atoms with Gasteiger partial charge in [-0.15, -0.1) is 0 Å². The van der Waals surface area contributed by atoms with E-state index in [4.69, 9.17) is 4.74 Å². The van der Waals surface area contributed by atoms with Crippen LogP contribution in [0.3, 0.4) is 0 Å². The van der Waals surface area contributed by atoms with Gasteiger partial charge in [-0.1, -0.05) is 18.2 Å². The first-order valence-corrected chi connectivity index (χ1v) is 11.4. The summed E-state index contributed by atoms with van der Waals surface area (Å²) in [6.45, 7) is 0.733. The molecule has 1 fully saturated rings. The Morgan fingerprint density at radius 2 is 1.83 bits per heavy atom. The lowest BCUT2D eigenvalue weighted by Gasteiger charge is -2.30. The summed E-state index contributed by atoms with van der Waals surface area (Å²) in [5, 5.41) is 0. The van der Waals surface area contributed by atoms with Gasteiger partial charge in [0.1, 0.15) is 4.90 Å². The van der Waals surface area contributed by atoms with Crippen LogP contribution in [-0.4, -0.2) is 55.8 Å². The summed E-state index contributed by atoms with van der Waals surface area (Å²) < 4.78 is 31.9. The number of benzene rings is 1. The number of pyridine rings is 1. The number of ether oxygens (including phenoxy) is 1. The number of carbonyl (C=O) groups excluding carboxylic acids is 2. The number of amides is 1. The average molecular weight is 429 g/mol. The fraction of sp³-hybridized carbons (Fsp3) is 0.381. The Morgan fingerprint density at radius 1 is 1.07 bits per heavy atom. The number of rotatable bonds is 5. The smallest absolute Gasteiger partial charge is 0.309 e. The quantitative estimate of drug-likeness (QED) is 0.670. The monoisotopic (exact) mass is 429 g/mol. The molecule has 0 spiro atoms. The van der Waals surface area contributed by atoms with Crippen LogP contribution in [0.25, 0.3) is 0 Å². The van der Waals surface area contributed by atoms with Gasteiger partial charge in [-0.3, -0.25) is 14.6 Å². The second-order valence-electron chi connectivity index (χ2n) is 7.40. The second-order valence-corrected chi connectivity index (χ2v) is 9.34. The van der Waals surface area contributed by atoms with Gasteiger partial charge in [0.15, 0.2) is 6.61 Å². The van der Waals surface area contributed by atoms with E-state index < -0.39 is 21.9 Å². The summed E-state index contributed by atoms with van der Waals surface area (Å²) >= 11 is 0. The maximum absolute atomic E-state index is 12.6. The van der Waals surface area contributed by atoms with Crippen molar-refractivity contribution >= 4 is 27.6 Å². The molecular formula is C21H23N3O5S. The Balaban J connectivity index is 1.28. The maximum Gasteiger partial charge on any atom is 0.309 e. The van der Waals surface area contributed by atoms with Crippen molar-refractivity contribution < 1.29 is 22.7 Å². The van der Waals surface area contributed by atoms with Crippen molar-refractivity contribution in [3.05, 3.63) is 54.4 Å². The molecule has 0 unspecified atom stereocenters. The summed E-state index contributed by atoms with van der Waals surface area (Å²) in [6.07, 6.45) is 4.35. The summed E-state index contributed by atoms with van der Waals surface area (Å²) in [7, 11) is -3.62. The van der Waals surface area contributed by atoms with Crippen LogP contribution in [0.15, 0.2) is 53.7 Å². The summed E-state index contributed by atoms with van der Waals surface area (Å²) in [4.78, 5) is 30.6. The zero-order chi connectivity index (χ0) is 21.1. The highest BCUT2D eigenvalue weighted by Crippen LogP contribution is 2.28. The van der Waals surface area contributed by atoms with Crippen LogP contribution in [0.2, 0.25) is 0 Å². The third-order valence-corrected chi connectivity index (χ3v) is 7.47. The molecule has 3 heterocycles. The minimum Gasteiger partial charge on any atom is -0.455 e. The number of aromatic nitrogens is 1. The van der Waals surface area contributed by atoms with E-state index in [1.54, 1.807) is 11.0 Å². The zero-order valence-corrected chi connectivity index (χ0v) is 17.3. The van der Waals surface area contributed by atoms with Gasteiger partial charge in [0, 0.05) is 37.7 Å². The van der Waals surface area contributed by atoms with Gasteiger partial charge in [0.25, 0.3) is 5.91 Å².